The lowest BCUT2D eigenvalue weighted by Gasteiger charge is -2.09. The fraction of sp³-hybridized carbons (Fsp3) is 0.643. The molecule has 0 aliphatic heterocycles. The normalized spacial score (nSPS) is 10.9. The number of rotatable bonds is 9. The number of ether oxygens (including phenoxy) is 2. The van der Waals surface area contributed by atoms with Crippen LogP contribution in [0.15, 0.2) is 18.3 Å². The van der Waals surface area contributed by atoms with Crippen molar-refractivity contribution < 1.29 is 9.47 Å². The van der Waals surface area contributed by atoms with Crippen molar-refractivity contribution in [2.24, 2.45) is 5.92 Å². The van der Waals surface area contributed by atoms with Gasteiger partial charge in [-0.05, 0) is 25.5 Å². The predicted molar refractivity (Wildman–Crippen MR) is 72.8 cm³/mol. The van der Waals surface area contributed by atoms with E-state index in [0.717, 1.165) is 31.1 Å². The zero-order chi connectivity index (χ0) is 13.2. The van der Waals surface area contributed by atoms with Crippen molar-refractivity contribution >= 4 is 0 Å². The molecule has 0 aliphatic carbocycles. The van der Waals surface area contributed by atoms with Crippen LogP contribution in [0, 0.1) is 5.92 Å². The average Bonchev–Trinajstić information content (AvgIpc) is 2.35. The first-order valence-corrected chi connectivity index (χ1v) is 6.58. The van der Waals surface area contributed by atoms with Crippen LogP contribution in [0.4, 0.5) is 0 Å². The number of pyridine rings is 1. The highest BCUT2D eigenvalue weighted by molar-refractivity contribution is 5.22. The van der Waals surface area contributed by atoms with Crippen molar-refractivity contribution in [2.45, 2.75) is 27.3 Å². The van der Waals surface area contributed by atoms with Crippen LogP contribution in [-0.4, -0.2) is 31.3 Å². The molecule has 0 radical (unpaired) electrons. The summed E-state index contributed by atoms with van der Waals surface area (Å²) in [7, 11) is 0. The first-order valence-electron chi connectivity index (χ1n) is 6.58. The predicted octanol–water partition coefficient (Wildman–Crippen LogP) is 2.24. The van der Waals surface area contributed by atoms with E-state index in [-0.39, 0.29) is 0 Å². The lowest BCUT2D eigenvalue weighted by molar-refractivity contribution is 0.110. The van der Waals surface area contributed by atoms with Crippen molar-refractivity contribution in [3.05, 3.63) is 24.0 Å². The first-order chi connectivity index (χ1) is 8.72. The van der Waals surface area contributed by atoms with Gasteiger partial charge in [-0.25, -0.2) is 0 Å². The fourth-order valence-corrected chi connectivity index (χ4v) is 1.49. The van der Waals surface area contributed by atoms with Crippen LogP contribution in [0.3, 0.4) is 0 Å². The second-order valence-corrected chi connectivity index (χ2v) is 4.55. The summed E-state index contributed by atoms with van der Waals surface area (Å²) in [6.45, 7) is 10.1. The standard InChI is InChI=1S/C14H24N2O2/c1-4-17-7-8-18-14-5-6-16-13(9-14)11-15-10-12(2)3/h5-6,9,12,15H,4,7-8,10-11H2,1-3H3. The number of nitrogens with zero attached hydrogens (tertiary/aromatic N) is 1. The largest absolute Gasteiger partial charge is 0.491 e. The van der Waals surface area contributed by atoms with Crippen LogP contribution >= 0.6 is 0 Å². The second kappa shape index (κ2) is 8.89. The minimum Gasteiger partial charge on any atom is -0.491 e. The monoisotopic (exact) mass is 252 g/mol. The van der Waals surface area contributed by atoms with Gasteiger partial charge in [0.15, 0.2) is 0 Å². The van der Waals surface area contributed by atoms with E-state index >= 15 is 0 Å². The SMILES string of the molecule is CCOCCOc1ccnc(CNCC(C)C)c1. The first kappa shape index (κ1) is 14.9. The van der Waals surface area contributed by atoms with Crippen LogP contribution in [0.5, 0.6) is 5.75 Å². The van der Waals surface area contributed by atoms with Crippen molar-refractivity contribution in [1.29, 1.82) is 0 Å². The molecule has 0 saturated heterocycles. The molecule has 0 atom stereocenters. The minimum absolute atomic E-state index is 0.580. The molecule has 0 amide bonds. The zero-order valence-corrected chi connectivity index (χ0v) is 11.6. The van der Waals surface area contributed by atoms with Gasteiger partial charge in [0.25, 0.3) is 0 Å². The highest BCUT2D eigenvalue weighted by Crippen LogP contribution is 2.10. The van der Waals surface area contributed by atoms with E-state index in [9.17, 15) is 0 Å². The molecule has 4 nitrogen and oxygen atoms in total. The van der Waals surface area contributed by atoms with Crippen LogP contribution < -0.4 is 10.1 Å². The molecular weight excluding hydrogens is 228 g/mol. The average molecular weight is 252 g/mol. The maximum atomic E-state index is 5.58. The molecule has 0 aromatic carbocycles. The minimum atomic E-state index is 0.580. The summed E-state index contributed by atoms with van der Waals surface area (Å²) in [4.78, 5) is 4.31. The van der Waals surface area contributed by atoms with Crippen LogP contribution in [-0.2, 0) is 11.3 Å². The quantitative estimate of drug-likeness (QED) is 0.685. The van der Waals surface area contributed by atoms with E-state index in [1.165, 1.54) is 0 Å². The van der Waals surface area contributed by atoms with E-state index in [1.807, 2.05) is 19.1 Å². The third-order valence-corrected chi connectivity index (χ3v) is 2.35. The number of nitrogens with one attached hydrogen (secondary N) is 1. The molecule has 0 saturated carbocycles. The summed E-state index contributed by atoms with van der Waals surface area (Å²) < 4.78 is 10.8. The summed E-state index contributed by atoms with van der Waals surface area (Å²) >= 11 is 0. The molecule has 4 heteroatoms. The van der Waals surface area contributed by atoms with Gasteiger partial charge in [0, 0.05) is 25.4 Å². The van der Waals surface area contributed by atoms with E-state index < -0.39 is 0 Å². The Morgan fingerprint density at radius 2 is 2.17 bits per heavy atom. The van der Waals surface area contributed by atoms with Crippen molar-refractivity contribution in [2.75, 3.05) is 26.4 Å². The fourth-order valence-electron chi connectivity index (χ4n) is 1.49. The molecule has 0 spiro atoms. The maximum Gasteiger partial charge on any atom is 0.122 e. The van der Waals surface area contributed by atoms with Crippen molar-refractivity contribution in [3.8, 4) is 5.75 Å². The lowest BCUT2D eigenvalue weighted by Crippen LogP contribution is -2.19. The molecular formula is C14H24N2O2. The third-order valence-electron chi connectivity index (χ3n) is 2.35. The molecule has 0 bridgehead atoms. The van der Waals surface area contributed by atoms with Crippen LogP contribution in [0.2, 0.25) is 0 Å². The molecule has 1 aromatic heterocycles. The van der Waals surface area contributed by atoms with E-state index in [0.29, 0.717) is 19.1 Å². The topological polar surface area (TPSA) is 43.4 Å². The molecule has 1 heterocycles. The Balaban J connectivity index is 2.32. The Hall–Kier alpha value is -1.13. The van der Waals surface area contributed by atoms with Crippen LogP contribution in [0.1, 0.15) is 26.5 Å². The second-order valence-electron chi connectivity index (χ2n) is 4.55. The Morgan fingerprint density at radius 3 is 2.89 bits per heavy atom. The van der Waals surface area contributed by atoms with Crippen molar-refractivity contribution in [3.63, 3.8) is 0 Å². The molecule has 1 aromatic rings. The highest BCUT2D eigenvalue weighted by atomic mass is 16.5. The molecule has 1 N–H and O–H groups in total. The third kappa shape index (κ3) is 6.57. The van der Waals surface area contributed by atoms with Gasteiger partial charge in [-0.3, -0.25) is 4.98 Å². The van der Waals surface area contributed by atoms with Gasteiger partial charge in [0.2, 0.25) is 0 Å². The zero-order valence-electron chi connectivity index (χ0n) is 11.6. The summed E-state index contributed by atoms with van der Waals surface area (Å²) in [6, 6.07) is 3.84. The van der Waals surface area contributed by atoms with E-state index in [4.69, 9.17) is 9.47 Å². The van der Waals surface area contributed by atoms with E-state index in [1.54, 1.807) is 6.20 Å². The molecule has 1 rings (SSSR count). The summed E-state index contributed by atoms with van der Waals surface area (Å²) in [5.74, 6) is 1.50. The van der Waals surface area contributed by atoms with Gasteiger partial charge >= 0.3 is 0 Å². The van der Waals surface area contributed by atoms with Gasteiger partial charge in [0.1, 0.15) is 12.4 Å². The van der Waals surface area contributed by atoms with Gasteiger partial charge < -0.3 is 14.8 Å². The molecule has 102 valence electrons. The van der Waals surface area contributed by atoms with Crippen molar-refractivity contribution in [1.82, 2.24) is 10.3 Å². The van der Waals surface area contributed by atoms with Gasteiger partial charge in [0.05, 0.1) is 12.3 Å². The summed E-state index contributed by atoms with van der Waals surface area (Å²) in [5.41, 5.74) is 1.00. The Labute approximate surface area is 110 Å². The van der Waals surface area contributed by atoms with Crippen LogP contribution in [0.25, 0.3) is 0 Å². The summed E-state index contributed by atoms with van der Waals surface area (Å²) in [5, 5.41) is 3.36. The Kier molecular flexibility index (Phi) is 7.37. The Morgan fingerprint density at radius 1 is 1.33 bits per heavy atom. The molecule has 0 unspecified atom stereocenters. The number of hydrogen-bond acceptors (Lipinski definition) is 4. The summed E-state index contributed by atoms with van der Waals surface area (Å²) in [6.07, 6.45) is 1.78. The maximum absolute atomic E-state index is 5.58. The molecule has 0 fully saturated rings. The smallest absolute Gasteiger partial charge is 0.122 e. The Bertz CT molecular complexity index is 329. The molecule has 18 heavy (non-hydrogen) atoms. The molecule has 0 aliphatic rings. The van der Waals surface area contributed by atoms with Gasteiger partial charge in [-0.2, -0.15) is 0 Å². The van der Waals surface area contributed by atoms with Gasteiger partial charge in [-0.15, -0.1) is 0 Å². The van der Waals surface area contributed by atoms with Gasteiger partial charge in [-0.1, -0.05) is 13.8 Å². The number of aromatic nitrogens is 1. The van der Waals surface area contributed by atoms with E-state index in [2.05, 4.69) is 24.1 Å². The number of hydrogen-bond donors (Lipinski definition) is 1. The lowest BCUT2D eigenvalue weighted by atomic mass is 10.2. The highest BCUT2D eigenvalue weighted by Gasteiger charge is 1.99.